The third-order valence-corrected chi connectivity index (χ3v) is 4.16. The van der Waals surface area contributed by atoms with E-state index in [2.05, 4.69) is 22.2 Å². The number of rotatable bonds is 6. The van der Waals surface area contributed by atoms with E-state index in [4.69, 9.17) is 5.73 Å². The fourth-order valence-electron chi connectivity index (χ4n) is 2.85. The highest BCUT2D eigenvalue weighted by molar-refractivity contribution is 5.84. The molecule has 1 aromatic carbocycles. The molecule has 0 saturated carbocycles. The topological polar surface area (TPSA) is 107 Å². The molecule has 3 rings (SSSR count). The number of aliphatic hydroxyl groups is 1. The van der Waals surface area contributed by atoms with Crippen molar-refractivity contribution in [1.82, 2.24) is 15.3 Å². The maximum Gasteiger partial charge on any atom is 0.123 e. The average molecular weight is 326 g/mol. The first kappa shape index (κ1) is 16.3. The van der Waals surface area contributed by atoms with Gasteiger partial charge in [-0.15, -0.1) is 0 Å². The molecule has 126 valence electrons. The molecule has 0 aliphatic rings. The van der Waals surface area contributed by atoms with Gasteiger partial charge >= 0.3 is 0 Å². The number of aromatic hydroxyl groups is 1. The van der Waals surface area contributed by atoms with Crippen molar-refractivity contribution in [2.45, 2.75) is 32.5 Å². The SMILES string of the molecule is C[C@H](Cc1c[nH]c2ccc(O)cc12)NCc1nc(N)ccc1CO. The first-order chi connectivity index (χ1) is 11.6. The second kappa shape index (κ2) is 6.90. The molecule has 0 amide bonds. The van der Waals surface area contributed by atoms with E-state index < -0.39 is 0 Å². The standard InChI is InChI=1S/C18H22N4O2/c1-11(20-9-17-12(10-23)2-5-18(19)22-17)6-13-8-21-16-4-3-14(24)7-15(13)16/h2-5,7-8,11,20-21,23-24H,6,9-10H2,1H3,(H2,19,22)/t11-/m1/s1. The van der Waals surface area contributed by atoms with Gasteiger partial charge in [0, 0.05) is 35.2 Å². The molecule has 24 heavy (non-hydrogen) atoms. The summed E-state index contributed by atoms with van der Waals surface area (Å²) in [6.45, 7) is 2.57. The lowest BCUT2D eigenvalue weighted by Crippen LogP contribution is -2.28. The third-order valence-electron chi connectivity index (χ3n) is 4.16. The van der Waals surface area contributed by atoms with Crippen LogP contribution in [0.15, 0.2) is 36.5 Å². The number of nitrogen functional groups attached to an aromatic ring is 1. The van der Waals surface area contributed by atoms with Gasteiger partial charge in [0.05, 0.1) is 12.3 Å². The summed E-state index contributed by atoms with van der Waals surface area (Å²) in [5.41, 5.74) is 9.42. The largest absolute Gasteiger partial charge is 0.508 e. The van der Waals surface area contributed by atoms with Crippen molar-refractivity contribution in [1.29, 1.82) is 0 Å². The summed E-state index contributed by atoms with van der Waals surface area (Å²) in [6.07, 6.45) is 2.78. The second-order valence-corrected chi connectivity index (χ2v) is 6.03. The predicted molar refractivity (Wildman–Crippen MR) is 94.5 cm³/mol. The Morgan fingerprint density at radius 1 is 1.25 bits per heavy atom. The Bertz CT molecular complexity index is 844. The molecule has 0 bridgehead atoms. The number of pyridine rings is 1. The van der Waals surface area contributed by atoms with Crippen LogP contribution in [0.25, 0.3) is 10.9 Å². The van der Waals surface area contributed by atoms with Gasteiger partial charge in [-0.3, -0.25) is 0 Å². The zero-order valence-electron chi connectivity index (χ0n) is 13.6. The smallest absolute Gasteiger partial charge is 0.123 e. The van der Waals surface area contributed by atoms with Gasteiger partial charge in [-0.25, -0.2) is 4.98 Å². The molecule has 2 heterocycles. The van der Waals surface area contributed by atoms with Gasteiger partial charge in [0.25, 0.3) is 0 Å². The lowest BCUT2D eigenvalue weighted by atomic mass is 10.1. The molecule has 6 nitrogen and oxygen atoms in total. The van der Waals surface area contributed by atoms with Crippen LogP contribution in [0.2, 0.25) is 0 Å². The molecule has 0 unspecified atom stereocenters. The molecule has 0 saturated heterocycles. The first-order valence-corrected chi connectivity index (χ1v) is 7.94. The van der Waals surface area contributed by atoms with Crippen molar-refractivity contribution in [2.24, 2.45) is 0 Å². The first-order valence-electron chi connectivity index (χ1n) is 7.94. The number of nitrogens with one attached hydrogen (secondary N) is 2. The van der Waals surface area contributed by atoms with Gasteiger partial charge in [-0.05, 0) is 43.2 Å². The van der Waals surface area contributed by atoms with Crippen LogP contribution in [-0.4, -0.2) is 26.2 Å². The van der Waals surface area contributed by atoms with Crippen molar-refractivity contribution >= 4 is 16.7 Å². The zero-order valence-corrected chi connectivity index (χ0v) is 13.6. The van der Waals surface area contributed by atoms with Crippen LogP contribution in [0.4, 0.5) is 5.82 Å². The third kappa shape index (κ3) is 3.50. The summed E-state index contributed by atoms with van der Waals surface area (Å²) in [4.78, 5) is 7.51. The molecule has 0 aliphatic heterocycles. The van der Waals surface area contributed by atoms with Crippen LogP contribution in [0, 0.1) is 0 Å². The summed E-state index contributed by atoms with van der Waals surface area (Å²) in [6, 6.07) is 9.00. The fourth-order valence-corrected chi connectivity index (χ4v) is 2.85. The quantitative estimate of drug-likeness (QED) is 0.477. The number of aromatic amines is 1. The summed E-state index contributed by atoms with van der Waals surface area (Å²) < 4.78 is 0. The maximum atomic E-state index is 9.67. The number of phenols is 1. The summed E-state index contributed by atoms with van der Waals surface area (Å²) in [7, 11) is 0. The normalized spacial score (nSPS) is 12.6. The van der Waals surface area contributed by atoms with Crippen LogP contribution >= 0.6 is 0 Å². The number of H-pyrrole nitrogens is 1. The fraction of sp³-hybridized carbons (Fsp3) is 0.278. The molecule has 0 spiro atoms. The van der Waals surface area contributed by atoms with Crippen LogP contribution in [0.1, 0.15) is 23.7 Å². The Morgan fingerprint density at radius 2 is 2.08 bits per heavy atom. The van der Waals surface area contributed by atoms with Gasteiger partial charge in [-0.2, -0.15) is 0 Å². The molecular formula is C18H22N4O2. The van der Waals surface area contributed by atoms with Gasteiger partial charge < -0.3 is 26.2 Å². The minimum Gasteiger partial charge on any atom is -0.508 e. The van der Waals surface area contributed by atoms with E-state index in [1.165, 1.54) is 0 Å². The van der Waals surface area contributed by atoms with Gasteiger partial charge in [0.15, 0.2) is 0 Å². The van der Waals surface area contributed by atoms with E-state index in [9.17, 15) is 10.2 Å². The molecule has 0 fully saturated rings. The second-order valence-electron chi connectivity index (χ2n) is 6.03. The number of aliphatic hydroxyl groups excluding tert-OH is 1. The van der Waals surface area contributed by atoms with Gasteiger partial charge in [0.1, 0.15) is 11.6 Å². The van der Waals surface area contributed by atoms with Crippen molar-refractivity contribution in [2.75, 3.05) is 5.73 Å². The number of aromatic nitrogens is 2. The summed E-state index contributed by atoms with van der Waals surface area (Å²) in [5, 5.41) is 23.5. The van der Waals surface area contributed by atoms with E-state index in [1.54, 1.807) is 24.3 Å². The molecule has 3 aromatic rings. The van der Waals surface area contributed by atoms with Crippen LogP contribution in [0.3, 0.4) is 0 Å². The number of hydrogen-bond donors (Lipinski definition) is 5. The number of phenolic OH excluding ortho intramolecular Hbond substituents is 1. The number of anilines is 1. The number of hydrogen-bond acceptors (Lipinski definition) is 5. The minimum absolute atomic E-state index is 0.0552. The molecule has 6 N–H and O–H groups in total. The number of fused-ring (bicyclic) bond motifs is 1. The Hall–Kier alpha value is -2.57. The Labute approximate surface area is 140 Å². The Morgan fingerprint density at radius 3 is 2.88 bits per heavy atom. The van der Waals surface area contributed by atoms with Crippen LogP contribution < -0.4 is 11.1 Å². The molecule has 0 radical (unpaired) electrons. The molecule has 1 atom stereocenters. The lowest BCUT2D eigenvalue weighted by Gasteiger charge is -2.15. The summed E-state index contributed by atoms with van der Waals surface area (Å²) >= 11 is 0. The van der Waals surface area contributed by atoms with Crippen LogP contribution in [-0.2, 0) is 19.6 Å². The molecule has 6 heteroatoms. The van der Waals surface area contributed by atoms with E-state index >= 15 is 0 Å². The number of nitrogens with zero attached hydrogens (tertiary/aromatic N) is 1. The van der Waals surface area contributed by atoms with Crippen LogP contribution in [0.5, 0.6) is 5.75 Å². The Balaban J connectivity index is 1.68. The van der Waals surface area contributed by atoms with Crippen molar-refractivity contribution < 1.29 is 10.2 Å². The summed E-state index contributed by atoms with van der Waals surface area (Å²) in [5.74, 6) is 0.712. The lowest BCUT2D eigenvalue weighted by molar-refractivity contribution is 0.279. The minimum atomic E-state index is -0.0552. The highest BCUT2D eigenvalue weighted by Gasteiger charge is 2.11. The molecular weight excluding hydrogens is 304 g/mol. The van der Waals surface area contributed by atoms with Gasteiger partial charge in [-0.1, -0.05) is 6.07 Å². The molecule has 2 aromatic heterocycles. The van der Waals surface area contributed by atoms with Gasteiger partial charge in [0.2, 0.25) is 0 Å². The monoisotopic (exact) mass is 326 g/mol. The van der Waals surface area contributed by atoms with E-state index in [1.807, 2.05) is 12.3 Å². The number of nitrogens with two attached hydrogens (primary N) is 1. The zero-order chi connectivity index (χ0) is 17.1. The Kier molecular flexibility index (Phi) is 4.69. The van der Waals surface area contributed by atoms with E-state index in [0.717, 1.165) is 34.1 Å². The maximum absolute atomic E-state index is 9.67. The average Bonchev–Trinajstić information content (AvgIpc) is 2.95. The highest BCUT2D eigenvalue weighted by atomic mass is 16.3. The van der Waals surface area contributed by atoms with Crippen molar-refractivity contribution in [3.63, 3.8) is 0 Å². The highest BCUT2D eigenvalue weighted by Crippen LogP contribution is 2.24. The number of benzene rings is 1. The molecule has 0 aliphatic carbocycles. The van der Waals surface area contributed by atoms with E-state index in [-0.39, 0.29) is 18.4 Å². The van der Waals surface area contributed by atoms with E-state index in [0.29, 0.717) is 12.4 Å². The van der Waals surface area contributed by atoms with Crippen molar-refractivity contribution in [3.05, 3.63) is 53.3 Å². The van der Waals surface area contributed by atoms with Crippen molar-refractivity contribution in [3.8, 4) is 5.75 Å². The predicted octanol–water partition coefficient (Wildman–Crippen LogP) is 2.06.